The Balaban J connectivity index is 1.76. The first kappa shape index (κ1) is 15.5. The molecule has 2 aromatic carbocycles. The number of likely N-dealkylation sites (tertiary alicyclic amines) is 1. The van der Waals surface area contributed by atoms with Crippen molar-refractivity contribution in [3.63, 3.8) is 0 Å². The van der Waals surface area contributed by atoms with Crippen LogP contribution in [-0.4, -0.2) is 44.5 Å². The van der Waals surface area contributed by atoms with Gasteiger partial charge < -0.3 is 0 Å². The fourth-order valence-corrected chi connectivity index (χ4v) is 3.99. The molecule has 0 aromatic heterocycles. The van der Waals surface area contributed by atoms with Crippen molar-refractivity contribution >= 4 is 20.6 Å². The predicted molar refractivity (Wildman–Crippen MR) is 92.0 cm³/mol. The number of rotatable bonds is 5. The van der Waals surface area contributed by atoms with Gasteiger partial charge in [-0.25, -0.2) is 8.42 Å². The molecule has 0 saturated carbocycles. The molecule has 1 fully saturated rings. The number of nitrogens with zero attached hydrogens (tertiary/aromatic N) is 1. The first-order chi connectivity index (χ1) is 10.5. The number of benzene rings is 2. The van der Waals surface area contributed by atoms with Gasteiger partial charge in [-0.15, -0.1) is 0 Å². The molecule has 4 heteroatoms. The minimum atomic E-state index is -2.88. The van der Waals surface area contributed by atoms with Gasteiger partial charge in [-0.05, 0) is 42.1 Å². The van der Waals surface area contributed by atoms with Crippen molar-refractivity contribution in [2.75, 3.05) is 25.1 Å². The van der Waals surface area contributed by atoms with E-state index in [1.165, 1.54) is 29.0 Å². The molecule has 0 N–H and O–H groups in total. The summed E-state index contributed by atoms with van der Waals surface area (Å²) in [7, 11) is -2.88. The van der Waals surface area contributed by atoms with Gasteiger partial charge in [0.1, 0.15) is 9.84 Å². The molecule has 1 saturated heterocycles. The smallest absolute Gasteiger partial charge is 0.148 e. The molecule has 1 atom stereocenters. The summed E-state index contributed by atoms with van der Waals surface area (Å²) < 4.78 is 22.8. The average molecular weight is 317 g/mol. The number of fused-ring (bicyclic) bond motifs is 1. The molecule has 2 aromatic rings. The third kappa shape index (κ3) is 3.68. The average Bonchev–Trinajstić information content (AvgIpc) is 2.92. The van der Waals surface area contributed by atoms with Crippen molar-refractivity contribution in [3.8, 4) is 0 Å². The van der Waals surface area contributed by atoms with E-state index in [4.69, 9.17) is 0 Å². The van der Waals surface area contributed by atoms with Gasteiger partial charge in [-0.1, -0.05) is 42.5 Å². The van der Waals surface area contributed by atoms with E-state index in [0.29, 0.717) is 12.6 Å². The number of hydrogen-bond donors (Lipinski definition) is 0. The van der Waals surface area contributed by atoms with E-state index in [1.54, 1.807) is 0 Å². The third-order valence-electron chi connectivity index (χ3n) is 4.58. The van der Waals surface area contributed by atoms with Crippen molar-refractivity contribution in [1.29, 1.82) is 0 Å². The second-order valence-electron chi connectivity index (χ2n) is 6.30. The van der Waals surface area contributed by atoms with E-state index < -0.39 is 9.84 Å². The minimum absolute atomic E-state index is 0.263. The monoisotopic (exact) mass is 317 g/mol. The Morgan fingerprint density at radius 1 is 1.14 bits per heavy atom. The highest BCUT2D eigenvalue weighted by molar-refractivity contribution is 7.90. The van der Waals surface area contributed by atoms with Gasteiger partial charge in [0.2, 0.25) is 0 Å². The van der Waals surface area contributed by atoms with Gasteiger partial charge in [-0.3, -0.25) is 4.90 Å². The maximum absolute atomic E-state index is 11.4. The second kappa shape index (κ2) is 6.39. The molecular weight excluding hydrogens is 294 g/mol. The van der Waals surface area contributed by atoms with Gasteiger partial charge in [0, 0.05) is 18.8 Å². The fourth-order valence-electron chi connectivity index (χ4n) is 3.43. The Morgan fingerprint density at radius 3 is 2.73 bits per heavy atom. The maximum atomic E-state index is 11.4. The lowest BCUT2D eigenvalue weighted by atomic mass is 9.98. The number of hydrogen-bond acceptors (Lipinski definition) is 3. The van der Waals surface area contributed by atoms with Crippen molar-refractivity contribution in [3.05, 3.63) is 48.0 Å². The third-order valence-corrected chi connectivity index (χ3v) is 5.51. The van der Waals surface area contributed by atoms with Crippen LogP contribution in [0.1, 0.15) is 18.4 Å². The van der Waals surface area contributed by atoms with Crippen molar-refractivity contribution in [2.24, 2.45) is 0 Å². The molecule has 3 nitrogen and oxygen atoms in total. The van der Waals surface area contributed by atoms with Crippen LogP contribution in [0.3, 0.4) is 0 Å². The molecule has 3 rings (SSSR count). The summed E-state index contributed by atoms with van der Waals surface area (Å²) in [5, 5.41) is 2.60. The lowest BCUT2D eigenvalue weighted by Crippen LogP contribution is -2.35. The predicted octanol–water partition coefficient (Wildman–Crippen LogP) is 2.89. The van der Waals surface area contributed by atoms with E-state index >= 15 is 0 Å². The van der Waals surface area contributed by atoms with E-state index in [1.807, 2.05) is 0 Å². The van der Waals surface area contributed by atoms with Crippen LogP contribution in [0.2, 0.25) is 0 Å². The van der Waals surface area contributed by atoms with E-state index in [2.05, 4.69) is 47.4 Å². The molecule has 0 radical (unpaired) electrons. The van der Waals surface area contributed by atoms with Crippen LogP contribution in [-0.2, 0) is 16.3 Å². The van der Waals surface area contributed by atoms with Crippen LogP contribution in [0.15, 0.2) is 42.5 Å². The van der Waals surface area contributed by atoms with E-state index in [9.17, 15) is 8.42 Å². The minimum Gasteiger partial charge on any atom is -0.299 e. The van der Waals surface area contributed by atoms with Gasteiger partial charge in [0.15, 0.2) is 0 Å². The van der Waals surface area contributed by atoms with Crippen LogP contribution in [0, 0.1) is 0 Å². The molecule has 118 valence electrons. The van der Waals surface area contributed by atoms with E-state index in [0.717, 1.165) is 19.4 Å². The summed E-state index contributed by atoms with van der Waals surface area (Å²) >= 11 is 0. The Hall–Kier alpha value is -1.39. The normalized spacial score (nSPS) is 19.8. The Bertz CT molecular complexity index is 749. The second-order valence-corrected chi connectivity index (χ2v) is 8.56. The zero-order valence-corrected chi connectivity index (χ0v) is 13.8. The molecule has 0 amide bonds. The lowest BCUT2D eigenvalue weighted by Gasteiger charge is -2.24. The van der Waals surface area contributed by atoms with Crippen LogP contribution >= 0.6 is 0 Å². The fraction of sp³-hybridized carbons (Fsp3) is 0.444. The van der Waals surface area contributed by atoms with Gasteiger partial charge in [-0.2, -0.15) is 0 Å². The highest BCUT2D eigenvalue weighted by Gasteiger charge is 2.25. The molecule has 1 aliphatic rings. The molecule has 22 heavy (non-hydrogen) atoms. The van der Waals surface area contributed by atoms with Crippen LogP contribution in [0.25, 0.3) is 10.8 Å². The summed E-state index contributed by atoms with van der Waals surface area (Å²) in [5.41, 5.74) is 1.37. The highest BCUT2D eigenvalue weighted by atomic mass is 32.2. The van der Waals surface area contributed by atoms with Gasteiger partial charge >= 0.3 is 0 Å². The summed E-state index contributed by atoms with van der Waals surface area (Å²) in [4.78, 5) is 2.35. The van der Waals surface area contributed by atoms with Crippen LogP contribution in [0.4, 0.5) is 0 Å². The Kier molecular flexibility index (Phi) is 4.50. The van der Waals surface area contributed by atoms with E-state index in [-0.39, 0.29) is 5.75 Å². The Morgan fingerprint density at radius 2 is 1.91 bits per heavy atom. The topological polar surface area (TPSA) is 37.4 Å². The largest absolute Gasteiger partial charge is 0.299 e. The summed E-state index contributed by atoms with van der Waals surface area (Å²) in [5.74, 6) is 0.263. The van der Waals surface area contributed by atoms with Crippen LogP contribution in [0.5, 0.6) is 0 Å². The molecule has 1 heterocycles. The lowest BCUT2D eigenvalue weighted by molar-refractivity contribution is 0.267. The number of sulfone groups is 1. The van der Waals surface area contributed by atoms with Crippen molar-refractivity contribution < 1.29 is 8.42 Å². The molecule has 1 aliphatic heterocycles. The molecule has 1 unspecified atom stereocenters. The maximum Gasteiger partial charge on any atom is 0.148 e. The van der Waals surface area contributed by atoms with Gasteiger partial charge in [0.25, 0.3) is 0 Å². The zero-order valence-electron chi connectivity index (χ0n) is 13.0. The molecule has 0 aliphatic carbocycles. The van der Waals surface area contributed by atoms with Crippen molar-refractivity contribution in [2.45, 2.75) is 25.3 Å². The highest BCUT2D eigenvalue weighted by Crippen LogP contribution is 2.25. The molecule has 0 spiro atoms. The SMILES string of the molecule is CS(=O)(=O)CCN1CCCC1Cc1cccc2ccccc12. The van der Waals surface area contributed by atoms with Gasteiger partial charge in [0.05, 0.1) is 5.75 Å². The quantitative estimate of drug-likeness (QED) is 0.851. The zero-order chi connectivity index (χ0) is 15.6. The summed E-state index contributed by atoms with van der Waals surface area (Å²) in [6.07, 6.45) is 4.65. The first-order valence-electron chi connectivity index (χ1n) is 7.91. The standard InChI is InChI=1S/C18H23NO2S/c1-22(20,21)13-12-19-11-5-9-17(19)14-16-8-4-7-15-6-2-3-10-18(15)16/h2-4,6-8,10,17H,5,9,11-14H2,1H3. The molecular formula is C18H23NO2S. The van der Waals surface area contributed by atoms with Crippen molar-refractivity contribution in [1.82, 2.24) is 4.90 Å². The summed E-state index contributed by atoms with van der Waals surface area (Å²) in [6, 6.07) is 15.4. The Labute approximate surface area is 132 Å². The van der Waals surface area contributed by atoms with Crippen LogP contribution < -0.4 is 0 Å². The summed E-state index contributed by atoms with van der Waals surface area (Å²) in [6.45, 7) is 1.68. The first-order valence-corrected chi connectivity index (χ1v) is 9.97. The molecule has 0 bridgehead atoms.